The van der Waals surface area contributed by atoms with E-state index >= 15 is 0 Å². The van der Waals surface area contributed by atoms with E-state index in [-0.39, 0.29) is 25.0 Å². The van der Waals surface area contributed by atoms with Crippen molar-refractivity contribution in [1.29, 1.82) is 0 Å². The average Bonchev–Trinajstić information content (AvgIpc) is 3.22. The van der Waals surface area contributed by atoms with Crippen molar-refractivity contribution in [2.75, 3.05) is 37.0 Å². The van der Waals surface area contributed by atoms with Gasteiger partial charge in [0.2, 0.25) is 11.9 Å². The van der Waals surface area contributed by atoms with Crippen LogP contribution in [0.1, 0.15) is 6.42 Å². The van der Waals surface area contributed by atoms with Crippen molar-refractivity contribution >= 4 is 17.7 Å². The van der Waals surface area contributed by atoms with Gasteiger partial charge in [0.1, 0.15) is 18.5 Å². The average molecular weight is 348 g/mol. The molecule has 0 aromatic carbocycles. The number of halogens is 1. The highest BCUT2D eigenvalue weighted by atomic mass is 19.1. The summed E-state index contributed by atoms with van der Waals surface area (Å²) in [6.07, 6.45) is 4.18. The molecule has 0 aliphatic carbocycles. The maximum Gasteiger partial charge on any atom is 0.241 e. The minimum absolute atomic E-state index is 0.0874. The summed E-state index contributed by atoms with van der Waals surface area (Å²) in [6.45, 7) is 0.687. The number of nitrogens with one attached hydrogen (secondary N) is 1. The van der Waals surface area contributed by atoms with Crippen molar-refractivity contribution in [2.45, 2.75) is 25.2 Å². The zero-order valence-corrected chi connectivity index (χ0v) is 14.2. The van der Waals surface area contributed by atoms with Crippen LogP contribution in [0.25, 0.3) is 0 Å². The van der Waals surface area contributed by atoms with E-state index in [1.807, 2.05) is 19.0 Å². The summed E-state index contributed by atoms with van der Waals surface area (Å²) in [5.41, 5.74) is 0. The zero-order valence-electron chi connectivity index (χ0n) is 14.2. The minimum atomic E-state index is -0.949. The van der Waals surface area contributed by atoms with Crippen molar-refractivity contribution in [2.24, 2.45) is 0 Å². The topological polar surface area (TPSA) is 92.1 Å². The lowest BCUT2D eigenvalue weighted by Gasteiger charge is -2.26. The standard InChI is InChI=1S/C15H21FN8O/c1-22(2)15-17-4-3-13(20-15)24-9-11(16)7-12(24)8-18-14(25)10-23-6-5-19-21-23/h3-6,11-12H,7-10H2,1-2H3,(H,18,25)/t11-,12-/m0/s1. The van der Waals surface area contributed by atoms with Gasteiger partial charge < -0.3 is 15.1 Å². The third-order valence-electron chi connectivity index (χ3n) is 4.00. The van der Waals surface area contributed by atoms with Gasteiger partial charge in [-0.3, -0.25) is 4.79 Å². The van der Waals surface area contributed by atoms with Crippen LogP contribution in [0, 0.1) is 0 Å². The van der Waals surface area contributed by atoms with Gasteiger partial charge in [-0.15, -0.1) is 5.10 Å². The summed E-state index contributed by atoms with van der Waals surface area (Å²) < 4.78 is 15.4. The molecule has 2 aromatic rings. The molecule has 134 valence electrons. The summed E-state index contributed by atoms with van der Waals surface area (Å²) in [4.78, 5) is 24.3. The quantitative estimate of drug-likeness (QED) is 0.777. The molecule has 9 nitrogen and oxygen atoms in total. The number of hydrogen-bond acceptors (Lipinski definition) is 7. The molecule has 1 amide bonds. The molecule has 10 heteroatoms. The van der Waals surface area contributed by atoms with Crippen molar-refractivity contribution in [3.8, 4) is 0 Å². The van der Waals surface area contributed by atoms with Gasteiger partial charge in [-0.2, -0.15) is 4.98 Å². The van der Waals surface area contributed by atoms with Gasteiger partial charge in [-0.05, 0) is 6.07 Å². The third kappa shape index (κ3) is 4.20. The Hall–Kier alpha value is -2.78. The van der Waals surface area contributed by atoms with Gasteiger partial charge in [0.15, 0.2) is 0 Å². The summed E-state index contributed by atoms with van der Waals surface area (Å²) >= 11 is 0. The van der Waals surface area contributed by atoms with Crippen LogP contribution in [0.3, 0.4) is 0 Å². The van der Waals surface area contributed by atoms with Gasteiger partial charge in [0.05, 0.1) is 18.8 Å². The number of carbonyl (C=O) groups is 1. The normalized spacial score (nSPS) is 19.9. The number of alkyl halides is 1. The Kier molecular flexibility index (Phi) is 5.05. The maximum atomic E-state index is 14.0. The van der Waals surface area contributed by atoms with Crippen LogP contribution in [-0.2, 0) is 11.3 Å². The molecule has 1 N–H and O–H groups in total. The predicted octanol–water partition coefficient (Wildman–Crippen LogP) is -0.133. The van der Waals surface area contributed by atoms with Crippen molar-refractivity contribution in [3.05, 3.63) is 24.7 Å². The Bertz CT molecular complexity index is 707. The summed E-state index contributed by atoms with van der Waals surface area (Å²) in [5.74, 6) is 1.03. The van der Waals surface area contributed by atoms with Crippen LogP contribution in [0.4, 0.5) is 16.2 Å². The maximum absolute atomic E-state index is 14.0. The van der Waals surface area contributed by atoms with Crippen LogP contribution in [-0.4, -0.2) is 70.3 Å². The second-order valence-electron chi connectivity index (χ2n) is 6.15. The Morgan fingerprint density at radius 1 is 1.44 bits per heavy atom. The van der Waals surface area contributed by atoms with E-state index < -0.39 is 6.17 Å². The number of rotatable bonds is 6. The van der Waals surface area contributed by atoms with Crippen LogP contribution >= 0.6 is 0 Å². The van der Waals surface area contributed by atoms with E-state index in [0.717, 1.165) is 0 Å². The first-order valence-corrected chi connectivity index (χ1v) is 8.05. The van der Waals surface area contributed by atoms with Gasteiger partial charge >= 0.3 is 0 Å². The predicted molar refractivity (Wildman–Crippen MR) is 90.0 cm³/mol. The molecule has 2 atom stereocenters. The highest BCUT2D eigenvalue weighted by Gasteiger charge is 2.33. The van der Waals surface area contributed by atoms with Gasteiger partial charge in [-0.25, -0.2) is 14.1 Å². The summed E-state index contributed by atoms with van der Waals surface area (Å²) in [6, 6.07) is 1.61. The Labute approximate surface area is 144 Å². The van der Waals surface area contributed by atoms with Gasteiger partial charge in [-0.1, -0.05) is 5.21 Å². The second-order valence-corrected chi connectivity index (χ2v) is 6.15. The van der Waals surface area contributed by atoms with E-state index in [1.54, 1.807) is 23.4 Å². The van der Waals surface area contributed by atoms with Crippen LogP contribution < -0.4 is 15.1 Å². The molecular weight excluding hydrogens is 327 g/mol. The SMILES string of the molecule is CN(C)c1nccc(N2C[C@@H](F)C[C@H]2CNC(=O)Cn2ccnn2)n1. The molecule has 1 aliphatic rings. The number of nitrogens with zero attached hydrogens (tertiary/aromatic N) is 7. The number of amides is 1. The monoisotopic (exact) mass is 348 g/mol. The lowest BCUT2D eigenvalue weighted by Crippen LogP contribution is -2.41. The van der Waals surface area contributed by atoms with Crippen molar-refractivity contribution in [1.82, 2.24) is 30.3 Å². The summed E-state index contributed by atoms with van der Waals surface area (Å²) in [5, 5.41) is 10.2. The van der Waals surface area contributed by atoms with Gasteiger partial charge in [0, 0.05) is 39.5 Å². The first kappa shape index (κ1) is 17.1. The molecular formula is C15H21FN8O. The molecule has 1 aliphatic heterocycles. The van der Waals surface area contributed by atoms with E-state index in [9.17, 15) is 9.18 Å². The van der Waals surface area contributed by atoms with Crippen LogP contribution in [0.2, 0.25) is 0 Å². The largest absolute Gasteiger partial charge is 0.352 e. The molecule has 3 heterocycles. The van der Waals surface area contributed by atoms with Gasteiger partial charge in [0.25, 0.3) is 0 Å². The first-order chi connectivity index (χ1) is 12.0. The molecule has 0 radical (unpaired) electrons. The summed E-state index contributed by atoms with van der Waals surface area (Å²) in [7, 11) is 3.70. The second kappa shape index (κ2) is 7.41. The van der Waals surface area contributed by atoms with Crippen LogP contribution in [0.15, 0.2) is 24.7 Å². The molecule has 3 rings (SSSR count). The number of anilines is 2. The smallest absolute Gasteiger partial charge is 0.241 e. The molecule has 0 spiro atoms. The molecule has 1 fully saturated rings. The van der Waals surface area contributed by atoms with E-state index in [1.165, 1.54) is 10.9 Å². The lowest BCUT2D eigenvalue weighted by atomic mass is 10.2. The Morgan fingerprint density at radius 2 is 2.28 bits per heavy atom. The number of carbonyl (C=O) groups excluding carboxylic acids is 1. The number of hydrogen-bond donors (Lipinski definition) is 1. The zero-order chi connectivity index (χ0) is 17.8. The van der Waals surface area contributed by atoms with Crippen molar-refractivity contribution < 1.29 is 9.18 Å². The molecule has 0 saturated carbocycles. The Morgan fingerprint density at radius 3 is 3.00 bits per heavy atom. The molecule has 25 heavy (non-hydrogen) atoms. The fourth-order valence-electron chi connectivity index (χ4n) is 2.80. The Balaban J connectivity index is 1.63. The highest BCUT2D eigenvalue weighted by Crippen LogP contribution is 2.26. The van der Waals surface area contributed by atoms with Crippen LogP contribution in [0.5, 0.6) is 0 Å². The molecule has 1 saturated heterocycles. The highest BCUT2D eigenvalue weighted by molar-refractivity contribution is 5.75. The van der Waals surface area contributed by atoms with E-state index in [0.29, 0.717) is 24.7 Å². The minimum Gasteiger partial charge on any atom is -0.352 e. The molecule has 0 unspecified atom stereocenters. The third-order valence-corrected chi connectivity index (χ3v) is 4.00. The van der Waals surface area contributed by atoms with Crippen molar-refractivity contribution in [3.63, 3.8) is 0 Å². The fraction of sp³-hybridized carbons (Fsp3) is 0.533. The number of aromatic nitrogens is 5. The fourth-order valence-corrected chi connectivity index (χ4v) is 2.80. The first-order valence-electron chi connectivity index (χ1n) is 8.05. The lowest BCUT2D eigenvalue weighted by molar-refractivity contribution is -0.121. The van der Waals surface area contributed by atoms with E-state index in [4.69, 9.17) is 0 Å². The molecule has 0 bridgehead atoms. The molecule has 2 aromatic heterocycles. The van der Waals surface area contributed by atoms with E-state index in [2.05, 4.69) is 25.6 Å².